The summed E-state index contributed by atoms with van der Waals surface area (Å²) in [4.78, 5) is 0. The summed E-state index contributed by atoms with van der Waals surface area (Å²) in [6.45, 7) is 0. The monoisotopic (exact) mass is 128 g/mol. The van der Waals surface area contributed by atoms with Crippen LogP contribution in [0, 0.1) is 0 Å². The Morgan fingerprint density at radius 1 is 1.20 bits per heavy atom. The van der Waals surface area contributed by atoms with Crippen LogP contribution in [-0.4, -0.2) is 0 Å². The molecule has 32 valence electrons. The van der Waals surface area contributed by atoms with E-state index in [0.29, 0.717) is 15.9 Å². The van der Waals surface area contributed by atoms with Crippen molar-refractivity contribution in [3.05, 3.63) is 0 Å². The average molecular weight is 128 g/mol. The first kappa shape index (κ1) is 6.13. The highest BCUT2D eigenvalue weighted by atomic mass is 33.1. The number of hydrogen-bond acceptors (Lipinski definition) is 3. The third-order valence-corrected chi connectivity index (χ3v) is 3.18. The molecular formula is H6N2P2S. The van der Waals surface area contributed by atoms with Gasteiger partial charge in [-0.15, -0.1) is 0 Å². The molecule has 0 saturated carbocycles. The van der Waals surface area contributed by atoms with Gasteiger partial charge in [0.1, 0.15) is 0 Å². The minimum absolute atomic E-state index is 0.462. The molecule has 0 aliphatic rings. The summed E-state index contributed by atoms with van der Waals surface area (Å²) in [7, 11) is 0.924. The van der Waals surface area contributed by atoms with E-state index in [2.05, 4.69) is 0 Å². The Kier molecular flexibility index (Phi) is 6.29. The maximum absolute atomic E-state index is 5.06. The van der Waals surface area contributed by atoms with Gasteiger partial charge in [0.15, 0.2) is 0 Å². The fourth-order valence-corrected chi connectivity index (χ4v) is 0.919. The van der Waals surface area contributed by atoms with E-state index in [9.17, 15) is 0 Å². The van der Waals surface area contributed by atoms with Gasteiger partial charge in [-0.2, -0.15) is 0 Å². The highest BCUT2D eigenvalue weighted by Gasteiger charge is 1.67. The lowest BCUT2D eigenvalue weighted by molar-refractivity contribution is 2.04. The second-order valence-electron chi connectivity index (χ2n) is 0.338. The maximum Gasteiger partial charge on any atom is 0.0104 e. The van der Waals surface area contributed by atoms with E-state index in [-0.39, 0.29) is 0 Å². The number of hydrogen-bond donors (Lipinski definition) is 2. The van der Waals surface area contributed by atoms with E-state index in [0.717, 1.165) is 0 Å². The van der Waals surface area contributed by atoms with E-state index < -0.39 is 0 Å². The average Bonchev–Trinajstić information content (AvgIpc) is 1.41. The molecule has 0 heterocycles. The van der Waals surface area contributed by atoms with Crippen molar-refractivity contribution in [2.45, 2.75) is 0 Å². The molecule has 0 amide bonds. The van der Waals surface area contributed by atoms with Gasteiger partial charge in [-0.05, 0) is 0 Å². The molecule has 0 aliphatic carbocycles. The van der Waals surface area contributed by atoms with Crippen LogP contribution < -0.4 is 11.0 Å². The molecule has 2 unspecified atom stereocenters. The van der Waals surface area contributed by atoms with Crippen LogP contribution in [0.5, 0.6) is 0 Å². The van der Waals surface area contributed by atoms with Crippen molar-refractivity contribution < 1.29 is 0 Å². The molecule has 2 atom stereocenters. The predicted molar refractivity (Wildman–Crippen MR) is 32.6 cm³/mol. The molecule has 0 radical (unpaired) electrons. The Balaban J connectivity index is 2.19. The molecule has 0 aromatic rings. The normalized spacial score (nSPS) is 13.2. The molecule has 0 aromatic heterocycles. The van der Waals surface area contributed by atoms with E-state index in [4.69, 9.17) is 11.0 Å². The Labute approximate surface area is 38.6 Å². The van der Waals surface area contributed by atoms with E-state index >= 15 is 0 Å². The Morgan fingerprint density at radius 3 is 1.60 bits per heavy atom. The van der Waals surface area contributed by atoms with Crippen LogP contribution in [0.2, 0.25) is 0 Å². The van der Waals surface area contributed by atoms with Gasteiger partial charge in [0, 0.05) is 15.9 Å². The zero-order valence-corrected chi connectivity index (χ0v) is 5.38. The summed E-state index contributed by atoms with van der Waals surface area (Å²) in [5.74, 6) is 0. The van der Waals surface area contributed by atoms with Gasteiger partial charge in [-0.1, -0.05) is 11.0 Å². The smallest absolute Gasteiger partial charge is 0.0104 e. The van der Waals surface area contributed by atoms with Crippen molar-refractivity contribution in [2.75, 3.05) is 0 Å². The fraction of sp³-hybridized carbons (Fsp3) is 0. The van der Waals surface area contributed by atoms with E-state index in [1.807, 2.05) is 0 Å². The third-order valence-electron chi connectivity index (χ3n) is 0.118. The van der Waals surface area contributed by atoms with Gasteiger partial charge < -0.3 is 11.0 Å². The van der Waals surface area contributed by atoms with Crippen LogP contribution in [-0.2, 0) is 0 Å². The third kappa shape index (κ3) is 5.13. The van der Waals surface area contributed by atoms with Gasteiger partial charge in [-0.3, -0.25) is 0 Å². The van der Waals surface area contributed by atoms with Gasteiger partial charge in [0.05, 0.1) is 0 Å². The SMILES string of the molecule is NPSPN. The van der Waals surface area contributed by atoms with Crippen LogP contribution in [0.25, 0.3) is 0 Å². The maximum atomic E-state index is 5.06. The molecule has 0 rings (SSSR count). The second kappa shape index (κ2) is 5.13. The summed E-state index contributed by atoms with van der Waals surface area (Å²) in [5, 5.41) is 0. The molecule has 0 bridgehead atoms. The zero-order chi connectivity index (χ0) is 4.12. The van der Waals surface area contributed by atoms with Gasteiger partial charge in [0.2, 0.25) is 0 Å². The molecule has 4 N–H and O–H groups in total. The molecule has 0 aromatic carbocycles. The Morgan fingerprint density at radius 2 is 1.60 bits per heavy atom. The molecule has 0 spiro atoms. The molecule has 5 heavy (non-hydrogen) atoms. The molecule has 2 nitrogen and oxygen atoms in total. The number of nitrogens with two attached hydrogens (primary N) is 2. The Hall–Kier alpha value is 1.13. The summed E-state index contributed by atoms with van der Waals surface area (Å²) in [5.41, 5.74) is 10.1. The Bertz CT molecular complexity index is 15.1. The lowest BCUT2D eigenvalue weighted by Crippen LogP contribution is -1.63. The zero-order valence-electron chi connectivity index (χ0n) is 2.56. The van der Waals surface area contributed by atoms with Crippen LogP contribution in [0.4, 0.5) is 0 Å². The highest BCUT2D eigenvalue weighted by molar-refractivity contribution is 8.77. The van der Waals surface area contributed by atoms with Crippen molar-refractivity contribution >= 4 is 26.9 Å². The van der Waals surface area contributed by atoms with Crippen LogP contribution >= 0.6 is 26.9 Å². The van der Waals surface area contributed by atoms with Crippen molar-refractivity contribution in [1.82, 2.24) is 0 Å². The largest absolute Gasteiger partial charge is 0.304 e. The van der Waals surface area contributed by atoms with Crippen molar-refractivity contribution in [2.24, 2.45) is 11.0 Å². The van der Waals surface area contributed by atoms with Crippen molar-refractivity contribution in [3.8, 4) is 0 Å². The van der Waals surface area contributed by atoms with Crippen molar-refractivity contribution in [3.63, 3.8) is 0 Å². The van der Waals surface area contributed by atoms with Crippen LogP contribution in [0.1, 0.15) is 0 Å². The summed E-state index contributed by atoms with van der Waals surface area (Å²) < 4.78 is 0. The van der Waals surface area contributed by atoms with Crippen LogP contribution in [0.15, 0.2) is 0 Å². The van der Waals surface area contributed by atoms with Gasteiger partial charge in [0.25, 0.3) is 0 Å². The van der Waals surface area contributed by atoms with Gasteiger partial charge >= 0.3 is 0 Å². The number of rotatable bonds is 2. The lowest BCUT2D eigenvalue weighted by Gasteiger charge is -1.81. The predicted octanol–water partition coefficient (Wildman–Crippen LogP) is 0.654. The van der Waals surface area contributed by atoms with E-state index in [1.54, 1.807) is 11.0 Å². The van der Waals surface area contributed by atoms with E-state index in [1.165, 1.54) is 0 Å². The highest BCUT2D eigenvalue weighted by Crippen LogP contribution is 2.34. The first-order valence-corrected chi connectivity index (χ1v) is 5.41. The second-order valence-corrected chi connectivity index (χ2v) is 4.88. The molecule has 5 heteroatoms. The van der Waals surface area contributed by atoms with Crippen LogP contribution in [0.3, 0.4) is 0 Å². The minimum atomic E-state index is 0.462. The summed E-state index contributed by atoms with van der Waals surface area (Å²) in [6, 6.07) is 0. The fourth-order valence-electron chi connectivity index (χ4n) is 0.0340. The molecular weight excluding hydrogens is 122 g/mol. The minimum Gasteiger partial charge on any atom is -0.304 e. The topological polar surface area (TPSA) is 52.0 Å². The molecule has 0 aliphatic heterocycles. The summed E-state index contributed by atoms with van der Waals surface area (Å²) >= 11 is 1.57. The first-order chi connectivity index (χ1) is 2.41. The summed E-state index contributed by atoms with van der Waals surface area (Å²) in [6.07, 6.45) is 0. The quantitative estimate of drug-likeness (QED) is 0.537. The molecule has 0 fully saturated rings. The first-order valence-electron chi connectivity index (χ1n) is 0.986. The molecule has 0 saturated heterocycles. The lowest BCUT2D eigenvalue weighted by atomic mass is 13.9. The standard InChI is InChI=1S/H6N2P2S/c1-3-5-4-2/h3-4H,1-2H2. The van der Waals surface area contributed by atoms with Crippen molar-refractivity contribution in [1.29, 1.82) is 0 Å². The van der Waals surface area contributed by atoms with Gasteiger partial charge in [-0.25, -0.2) is 0 Å².